The van der Waals surface area contributed by atoms with Crippen LogP contribution < -0.4 is 29.6 Å². The smallest absolute Gasteiger partial charge is 0.512 e. The Hall–Kier alpha value is 0.450. The van der Waals surface area contributed by atoms with Gasteiger partial charge in [-0.3, -0.25) is 0 Å². The molecule has 24 valence electrons. The van der Waals surface area contributed by atoms with Gasteiger partial charge in [-0.25, -0.2) is 0 Å². The van der Waals surface area contributed by atoms with Crippen molar-refractivity contribution in [3.63, 3.8) is 0 Å². The molecule has 0 aromatic heterocycles. The fraction of sp³-hybridized carbons (Fsp3) is 0.500. The molecule has 0 aromatic rings. The molecule has 0 heterocycles. The average molecular weight is 81.0 g/mol. The van der Waals surface area contributed by atoms with Gasteiger partial charge < -0.3 is 16.9 Å². The van der Waals surface area contributed by atoms with Crippen molar-refractivity contribution >= 4 is 0 Å². The summed E-state index contributed by atoms with van der Waals surface area (Å²) in [4.78, 5) is 0. The summed E-state index contributed by atoms with van der Waals surface area (Å²) in [6, 6.07) is 0. The van der Waals surface area contributed by atoms with E-state index in [0.717, 1.165) is 7.11 Å². The molecule has 0 radical (unpaired) electrons. The Kier molecular flexibility index (Phi) is 941. The molecule has 5 heavy (non-hydrogen) atoms. The van der Waals surface area contributed by atoms with Crippen LogP contribution in [-0.2, 0) is 0 Å². The third-order valence-corrected chi connectivity index (χ3v) is 0. The SMILES string of the molecule is CO.[C-]#N.[Na+]. The summed E-state index contributed by atoms with van der Waals surface area (Å²) in [6.45, 7) is 4.75. The first kappa shape index (κ1) is 18.0. The zero-order chi connectivity index (χ0) is 4.00. The van der Waals surface area contributed by atoms with Gasteiger partial charge in [0.25, 0.3) is 0 Å². The topological polar surface area (TPSA) is 44.0 Å². The van der Waals surface area contributed by atoms with E-state index in [0.29, 0.717) is 0 Å². The summed E-state index contributed by atoms with van der Waals surface area (Å²) in [7, 11) is 1.00. The molecule has 2 nitrogen and oxygen atoms in total. The molecule has 0 aliphatic carbocycles. The number of hydrogen-bond acceptors (Lipinski definition) is 2. The van der Waals surface area contributed by atoms with Gasteiger partial charge in [-0.15, -0.1) is 0 Å². The van der Waals surface area contributed by atoms with Crippen LogP contribution in [0.5, 0.6) is 0 Å². The van der Waals surface area contributed by atoms with Crippen molar-refractivity contribution in [1.82, 2.24) is 0 Å². The van der Waals surface area contributed by atoms with Crippen LogP contribution in [0.4, 0.5) is 0 Å². The molecule has 0 saturated heterocycles. The van der Waals surface area contributed by atoms with Gasteiger partial charge in [0.15, 0.2) is 0 Å². The molecule has 0 rings (SSSR count). The molecule has 0 atom stereocenters. The van der Waals surface area contributed by atoms with E-state index in [2.05, 4.69) is 0 Å². The summed E-state index contributed by atoms with van der Waals surface area (Å²) in [5.41, 5.74) is 0. The minimum absolute atomic E-state index is 0. The van der Waals surface area contributed by atoms with Gasteiger partial charge in [0.1, 0.15) is 0 Å². The van der Waals surface area contributed by atoms with Gasteiger partial charge in [-0.05, 0) is 0 Å². The zero-order valence-electron chi connectivity index (χ0n) is 3.39. The number of rotatable bonds is 0. The molecular formula is C2H4NNaO. The molecular weight excluding hydrogens is 77.0 g/mol. The fourth-order valence-corrected chi connectivity index (χ4v) is 0. The summed E-state index contributed by atoms with van der Waals surface area (Å²) >= 11 is 0. The Balaban J connectivity index is -0.0000000133. The normalized spacial score (nSPS) is 1.60. The number of nitrogens with zero attached hydrogens (tertiary/aromatic N) is 1. The standard InChI is InChI=1S/CN.CH4O.Na/c2*1-2;/h;2H,1H3;/q-1;;+1. The monoisotopic (exact) mass is 81.0 g/mol. The predicted octanol–water partition coefficient (Wildman–Crippen LogP) is -3.29. The maximum Gasteiger partial charge on any atom is 1.00 e. The molecule has 3 heteroatoms. The van der Waals surface area contributed by atoms with Gasteiger partial charge in [-0.1, -0.05) is 0 Å². The first-order valence-corrected chi connectivity index (χ1v) is 0.671. The van der Waals surface area contributed by atoms with Gasteiger partial charge in [0.2, 0.25) is 0 Å². The van der Waals surface area contributed by atoms with Gasteiger partial charge in [-0.2, -0.15) is 0 Å². The van der Waals surface area contributed by atoms with Crippen molar-refractivity contribution < 1.29 is 34.7 Å². The second kappa shape index (κ2) is 262. The van der Waals surface area contributed by atoms with Gasteiger partial charge in [0.05, 0.1) is 0 Å². The minimum Gasteiger partial charge on any atom is -0.512 e. The Morgan fingerprint density at radius 2 is 1.40 bits per heavy atom. The van der Waals surface area contributed by atoms with Crippen LogP contribution in [0.3, 0.4) is 0 Å². The quantitative estimate of drug-likeness (QED) is 0.245. The van der Waals surface area contributed by atoms with E-state index in [1.54, 1.807) is 0 Å². The molecule has 0 fully saturated rings. The van der Waals surface area contributed by atoms with E-state index in [-0.39, 0.29) is 29.6 Å². The Morgan fingerprint density at radius 3 is 1.40 bits per heavy atom. The van der Waals surface area contributed by atoms with Crippen LogP contribution >= 0.6 is 0 Å². The van der Waals surface area contributed by atoms with Crippen LogP contribution in [0, 0.1) is 11.8 Å². The van der Waals surface area contributed by atoms with Crippen LogP contribution in [-0.4, -0.2) is 12.2 Å². The second-order valence-electron chi connectivity index (χ2n) is 0. The zero-order valence-corrected chi connectivity index (χ0v) is 5.39. The van der Waals surface area contributed by atoms with E-state index < -0.39 is 0 Å². The van der Waals surface area contributed by atoms with E-state index in [4.69, 9.17) is 16.9 Å². The fourth-order valence-electron chi connectivity index (χ4n) is 0. The van der Waals surface area contributed by atoms with E-state index in [1.807, 2.05) is 0 Å². The van der Waals surface area contributed by atoms with E-state index in [1.165, 1.54) is 0 Å². The van der Waals surface area contributed by atoms with Crippen molar-refractivity contribution in [2.24, 2.45) is 0 Å². The van der Waals surface area contributed by atoms with Crippen molar-refractivity contribution in [1.29, 1.82) is 5.26 Å². The second-order valence-corrected chi connectivity index (χ2v) is 0. The average Bonchev–Trinajstić information content (AvgIpc) is 1.50. The number of hydrogen-bond donors (Lipinski definition) is 1. The third kappa shape index (κ3) is 132. The largest absolute Gasteiger partial charge is 1.00 e. The maximum atomic E-state index is 7.00. The molecule has 0 aliphatic rings. The van der Waals surface area contributed by atoms with Crippen LogP contribution in [0.25, 0.3) is 0 Å². The van der Waals surface area contributed by atoms with Gasteiger partial charge >= 0.3 is 29.6 Å². The van der Waals surface area contributed by atoms with Crippen molar-refractivity contribution in [3.05, 3.63) is 6.57 Å². The van der Waals surface area contributed by atoms with Crippen molar-refractivity contribution in [2.45, 2.75) is 0 Å². The molecule has 0 spiro atoms. The molecule has 0 aliphatic heterocycles. The van der Waals surface area contributed by atoms with E-state index >= 15 is 0 Å². The van der Waals surface area contributed by atoms with Crippen molar-refractivity contribution in [2.75, 3.05) is 7.11 Å². The first-order chi connectivity index (χ1) is 2.00. The molecule has 0 saturated carbocycles. The van der Waals surface area contributed by atoms with Gasteiger partial charge in [0, 0.05) is 7.11 Å². The first-order valence-electron chi connectivity index (χ1n) is 0.671. The minimum atomic E-state index is 0. The Labute approximate surface area is 53.7 Å². The number of aliphatic hydroxyl groups excluding tert-OH is 1. The Morgan fingerprint density at radius 1 is 1.40 bits per heavy atom. The maximum absolute atomic E-state index is 7.00. The van der Waals surface area contributed by atoms with E-state index in [9.17, 15) is 0 Å². The summed E-state index contributed by atoms with van der Waals surface area (Å²) in [5.74, 6) is 0. The Bertz CT molecular complexity index is 14.4. The summed E-state index contributed by atoms with van der Waals surface area (Å²) in [5, 5.41) is 13.2. The molecule has 0 amide bonds. The van der Waals surface area contributed by atoms with Crippen molar-refractivity contribution in [3.8, 4) is 0 Å². The van der Waals surface area contributed by atoms with Crippen LogP contribution in [0.1, 0.15) is 0 Å². The summed E-state index contributed by atoms with van der Waals surface area (Å²) in [6.07, 6.45) is 0. The van der Waals surface area contributed by atoms with Crippen LogP contribution in [0.15, 0.2) is 0 Å². The van der Waals surface area contributed by atoms with Crippen LogP contribution in [0.2, 0.25) is 0 Å². The molecule has 0 aromatic carbocycles. The third-order valence-electron chi connectivity index (χ3n) is 0. The molecule has 0 unspecified atom stereocenters. The molecule has 0 bridgehead atoms. The predicted molar refractivity (Wildman–Crippen MR) is 13.1 cm³/mol. The molecule has 1 N–H and O–H groups in total. The summed E-state index contributed by atoms with van der Waals surface area (Å²) < 4.78 is 0. The number of aliphatic hydroxyl groups is 1.